The van der Waals surface area contributed by atoms with Crippen LogP contribution in [0.2, 0.25) is 0 Å². The van der Waals surface area contributed by atoms with Crippen LogP contribution in [0.5, 0.6) is 17.2 Å². The van der Waals surface area contributed by atoms with Gasteiger partial charge in [0.25, 0.3) is 0 Å². The number of aliphatic hydroxyl groups excluding tert-OH is 1. The Balaban J connectivity index is 1.75. The van der Waals surface area contributed by atoms with Crippen LogP contribution < -0.4 is 9.47 Å². The molecule has 4 rings (SSSR count). The first-order valence-corrected chi connectivity index (χ1v) is 12.7. The summed E-state index contributed by atoms with van der Waals surface area (Å²) in [6, 6.07) is 9.84. The average molecular weight is 550 g/mol. The molecular formula is C30H31NO9. The Kier molecular flexibility index (Phi) is 8.57. The van der Waals surface area contributed by atoms with Crippen LogP contribution in [-0.2, 0) is 14.3 Å². The van der Waals surface area contributed by atoms with Gasteiger partial charge in [0.1, 0.15) is 11.5 Å². The van der Waals surface area contributed by atoms with Crippen LogP contribution >= 0.6 is 0 Å². The lowest BCUT2D eigenvalue weighted by molar-refractivity contribution is -0.540. The van der Waals surface area contributed by atoms with Crippen molar-refractivity contribution < 1.29 is 38.9 Å². The molecule has 40 heavy (non-hydrogen) atoms. The average Bonchev–Trinajstić information content (AvgIpc) is 2.96. The van der Waals surface area contributed by atoms with Crippen LogP contribution in [0.3, 0.4) is 0 Å². The number of allylic oxidation sites excluding steroid dienone is 3. The molecule has 1 saturated carbocycles. The Morgan fingerprint density at radius 1 is 1.05 bits per heavy atom. The molecule has 0 aliphatic heterocycles. The fourth-order valence-corrected chi connectivity index (χ4v) is 5.63. The zero-order chi connectivity index (χ0) is 29.0. The van der Waals surface area contributed by atoms with Gasteiger partial charge in [-0.15, -0.1) is 0 Å². The van der Waals surface area contributed by atoms with Gasteiger partial charge in [0.2, 0.25) is 6.04 Å². The number of nitrogens with zero attached hydrogens (tertiary/aromatic N) is 1. The second-order valence-corrected chi connectivity index (χ2v) is 9.78. The number of nitro groups is 1. The largest absolute Gasteiger partial charge is 0.504 e. The van der Waals surface area contributed by atoms with Gasteiger partial charge in [-0.2, -0.15) is 0 Å². The van der Waals surface area contributed by atoms with Gasteiger partial charge in [-0.1, -0.05) is 24.3 Å². The van der Waals surface area contributed by atoms with Crippen LogP contribution in [0, 0.1) is 27.9 Å². The molecule has 2 unspecified atom stereocenters. The summed E-state index contributed by atoms with van der Waals surface area (Å²) in [7, 11) is 4.28. The highest BCUT2D eigenvalue weighted by Gasteiger charge is 2.55. The molecular weight excluding hydrogens is 518 g/mol. The molecule has 2 aromatic rings. The van der Waals surface area contributed by atoms with Gasteiger partial charge in [0, 0.05) is 17.3 Å². The molecule has 1 fully saturated rings. The Labute approximate surface area is 231 Å². The summed E-state index contributed by atoms with van der Waals surface area (Å²) in [4.78, 5) is 39.5. The maximum Gasteiger partial charge on any atom is 0.224 e. The Hall–Kier alpha value is -4.60. The molecule has 210 valence electrons. The van der Waals surface area contributed by atoms with Crippen LogP contribution in [0.4, 0.5) is 0 Å². The standard InChI is InChI=1S/C30H31NO9/c1-38-20-9-6-18(7-10-20)28-29(24(34)12-5-17-4-11-22(32)26(14-17)39-2)25(35)16-21(30(28)31(36)37)19-8-13-23(33)27(15-19)40-3/h4-7,9-15,19,21,28-30,32-33H,8,16H2,1-3H3/b12-5+/t19?,21-,28+,29?,30+/m1/s1. The molecule has 0 amide bonds. The SMILES string of the molecule is COC1=CC([C@H]2CC(=O)C(C(=O)/C=C/c3ccc(O)c(OC)c3)[C@H](c3ccc(OC)cc3)[C@H]2[N+](=O)[O-])CC=C1O. The number of hydrogen-bond donors (Lipinski definition) is 2. The fraction of sp³-hybridized carbons (Fsp3) is 0.333. The topological polar surface area (TPSA) is 145 Å². The molecule has 2 aliphatic rings. The van der Waals surface area contributed by atoms with Gasteiger partial charge in [0.15, 0.2) is 28.8 Å². The van der Waals surface area contributed by atoms with Gasteiger partial charge >= 0.3 is 0 Å². The first-order chi connectivity index (χ1) is 19.2. The highest BCUT2D eigenvalue weighted by atomic mass is 16.6. The van der Waals surface area contributed by atoms with Crippen LogP contribution in [0.1, 0.15) is 29.9 Å². The fourth-order valence-electron chi connectivity index (χ4n) is 5.63. The maximum atomic E-state index is 13.7. The number of ketones is 2. The smallest absolute Gasteiger partial charge is 0.224 e. The van der Waals surface area contributed by atoms with Gasteiger partial charge in [-0.05, 0) is 66.0 Å². The van der Waals surface area contributed by atoms with Gasteiger partial charge in [0.05, 0.1) is 33.2 Å². The van der Waals surface area contributed by atoms with Crippen molar-refractivity contribution in [2.45, 2.75) is 24.8 Å². The van der Waals surface area contributed by atoms with E-state index in [0.717, 1.165) is 0 Å². The number of phenols is 1. The highest BCUT2D eigenvalue weighted by molar-refractivity contribution is 6.10. The first-order valence-electron chi connectivity index (χ1n) is 12.7. The Morgan fingerprint density at radius 2 is 1.77 bits per heavy atom. The number of Topliss-reactive ketones (excluding diaryl/α,β-unsaturated/α-hetero) is 1. The van der Waals surface area contributed by atoms with E-state index in [1.54, 1.807) is 36.4 Å². The van der Waals surface area contributed by atoms with E-state index in [1.165, 1.54) is 51.7 Å². The minimum atomic E-state index is -1.28. The quantitative estimate of drug-likeness (QED) is 0.198. The Bertz CT molecular complexity index is 1380. The van der Waals surface area contributed by atoms with E-state index in [-0.39, 0.29) is 35.9 Å². The lowest BCUT2D eigenvalue weighted by atomic mass is 9.62. The van der Waals surface area contributed by atoms with Crippen molar-refractivity contribution >= 4 is 17.6 Å². The molecule has 5 atom stereocenters. The predicted molar refractivity (Wildman–Crippen MR) is 146 cm³/mol. The van der Waals surface area contributed by atoms with E-state index in [0.29, 0.717) is 16.9 Å². The molecule has 2 aromatic carbocycles. The third-order valence-corrected chi connectivity index (χ3v) is 7.62. The van der Waals surface area contributed by atoms with Crippen molar-refractivity contribution in [2.24, 2.45) is 17.8 Å². The molecule has 2 aliphatic carbocycles. The second kappa shape index (κ2) is 12.1. The summed E-state index contributed by atoms with van der Waals surface area (Å²) in [5.74, 6) is -3.66. The summed E-state index contributed by atoms with van der Waals surface area (Å²) >= 11 is 0. The number of benzene rings is 2. The summed E-state index contributed by atoms with van der Waals surface area (Å²) in [5.41, 5.74) is 1.02. The van der Waals surface area contributed by atoms with Crippen molar-refractivity contribution in [3.63, 3.8) is 0 Å². The van der Waals surface area contributed by atoms with E-state index in [9.17, 15) is 29.9 Å². The molecule has 0 aromatic heterocycles. The van der Waals surface area contributed by atoms with Crippen molar-refractivity contribution in [3.8, 4) is 17.2 Å². The number of aromatic hydroxyl groups is 1. The summed E-state index contributed by atoms with van der Waals surface area (Å²) in [6.07, 6.45) is 5.99. The predicted octanol–water partition coefficient (Wildman–Crippen LogP) is 4.62. The van der Waals surface area contributed by atoms with Crippen molar-refractivity contribution in [3.05, 3.63) is 93.5 Å². The molecule has 0 saturated heterocycles. The third-order valence-electron chi connectivity index (χ3n) is 7.62. The maximum absolute atomic E-state index is 13.7. The van der Waals surface area contributed by atoms with Crippen LogP contribution in [0.15, 0.2) is 72.2 Å². The van der Waals surface area contributed by atoms with Crippen molar-refractivity contribution in [1.29, 1.82) is 0 Å². The first kappa shape index (κ1) is 28.4. The van der Waals surface area contributed by atoms with E-state index in [2.05, 4.69) is 0 Å². The van der Waals surface area contributed by atoms with Crippen LogP contribution in [0.25, 0.3) is 6.08 Å². The zero-order valence-electron chi connectivity index (χ0n) is 22.4. The van der Waals surface area contributed by atoms with Crippen molar-refractivity contribution in [1.82, 2.24) is 0 Å². The van der Waals surface area contributed by atoms with E-state index in [1.807, 2.05) is 0 Å². The van der Waals surface area contributed by atoms with Gasteiger partial charge in [-0.25, -0.2) is 0 Å². The van der Waals surface area contributed by atoms with E-state index < -0.39 is 46.2 Å². The number of carbonyl (C=O) groups is 2. The molecule has 0 heterocycles. The lowest BCUT2D eigenvalue weighted by Crippen LogP contribution is -2.51. The van der Waals surface area contributed by atoms with Crippen LogP contribution in [-0.4, -0.2) is 54.1 Å². The summed E-state index contributed by atoms with van der Waals surface area (Å²) < 4.78 is 15.6. The normalized spacial score (nSPS) is 24.7. The zero-order valence-corrected chi connectivity index (χ0v) is 22.4. The number of phenolic OH excluding ortho intramolecular Hbond substituents is 1. The second-order valence-electron chi connectivity index (χ2n) is 9.78. The molecule has 0 spiro atoms. The van der Waals surface area contributed by atoms with Gasteiger partial charge in [-0.3, -0.25) is 19.7 Å². The number of hydrogen-bond acceptors (Lipinski definition) is 9. The monoisotopic (exact) mass is 549 g/mol. The molecule has 10 heteroatoms. The van der Waals surface area contributed by atoms with E-state index in [4.69, 9.17) is 14.2 Å². The highest BCUT2D eigenvalue weighted by Crippen LogP contribution is 2.46. The molecule has 0 bridgehead atoms. The van der Waals surface area contributed by atoms with E-state index >= 15 is 0 Å². The minimum absolute atomic E-state index is 0.0608. The molecule has 10 nitrogen and oxygen atoms in total. The number of aliphatic hydroxyl groups is 1. The number of rotatable bonds is 9. The summed E-state index contributed by atoms with van der Waals surface area (Å²) in [5, 5.41) is 32.6. The Morgan fingerprint density at radius 3 is 2.40 bits per heavy atom. The van der Waals surface area contributed by atoms with Crippen molar-refractivity contribution in [2.75, 3.05) is 21.3 Å². The molecule has 2 N–H and O–H groups in total. The number of carbonyl (C=O) groups excluding carboxylic acids is 2. The minimum Gasteiger partial charge on any atom is -0.504 e. The number of methoxy groups -OCH3 is 3. The van der Waals surface area contributed by atoms with Gasteiger partial charge < -0.3 is 24.4 Å². The summed E-state index contributed by atoms with van der Waals surface area (Å²) in [6.45, 7) is 0. The third kappa shape index (κ3) is 5.70. The molecule has 0 radical (unpaired) electrons. The lowest BCUT2D eigenvalue weighted by Gasteiger charge is -2.39. The number of ether oxygens (including phenoxy) is 3.